The number of halogens is 2. The van der Waals surface area contributed by atoms with E-state index in [1.807, 2.05) is 18.2 Å². The van der Waals surface area contributed by atoms with E-state index in [4.69, 9.17) is 23.2 Å². The number of rotatable bonds is 2. The van der Waals surface area contributed by atoms with Crippen molar-refractivity contribution in [2.24, 2.45) is 0 Å². The number of hydrogen-bond donors (Lipinski definition) is 0. The lowest BCUT2D eigenvalue weighted by Crippen LogP contribution is -2.33. The summed E-state index contributed by atoms with van der Waals surface area (Å²) >= 11 is 12.2. The molecule has 1 fully saturated rings. The quantitative estimate of drug-likeness (QED) is 0.739. The first-order valence-electron chi connectivity index (χ1n) is 5.86. The predicted octanol–water partition coefficient (Wildman–Crippen LogP) is 4.76. The van der Waals surface area contributed by atoms with Crippen LogP contribution in [-0.2, 0) is 0 Å². The maximum Gasteiger partial charge on any atom is 0.0640 e. The fourth-order valence-electron chi connectivity index (χ4n) is 2.42. The second-order valence-electron chi connectivity index (χ2n) is 4.50. The van der Waals surface area contributed by atoms with Crippen molar-refractivity contribution in [3.8, 4) is 0 Å². The normalized spacial score (nSPS) is 17.4. The number of benzene rings is 1. The minimum absolute atomic E-state index is 0.615. The Morgan fingerprint density at radius 3 is 2.50 bits per heavy atom. The molecule has 16 heavy (non-hydrogen) atoms. The average molecular weight is 258 g/mol. The van der Waals surface area contributed by atoms with Crippen LogP contribution in [0.4, 0.5) is 5.69 Å². The molecule has 1 saturated carbocycles. The van der Waals surface area contributed by atoms with Gasteiger partial charge in [0.05, 0.1) is 10.7 Å². The molecule has 88 valence electrons. The molecule has 0 saturated heterocycles. The van der Waals surface area contributed by atoms with Crippen LogP contribution < -0.4 is 4.90 Å². The van der Waals surface area contributed by atoms with E-state index < -0.39 is 0 Å². The monoisotopic (exact) mass is 257 g/mol. The summed E-state index contributed by atoms with van der Waals surface area (Å²) < 4.78 is 0. The smallest absolute Gasteiger partial charge is 0.0640 e. The van der Waals surface area contributed by atoms with Gasteiger partial charge in [-0.3, -0.25) is 0 Å². The second kappa shape index (κ2) is 5.29. The Labute approximate surface area is 107 Å². The summed E-state index contributed by atoms with van der Waals surface area (Å²) in [5, 5.41) is 1.54. The molecule has 0 aromatic heterocycles. The van der Waals surface area contributed by atoms with Crippen LogP contribution in [0.5, 0.6) is 0 Å². The van der Waals surface area contributed by atoms with Crippen molar-refractivity contribution in [2.75, 3.05) is 11.9 Å². The van der Waals surface area contributed by atoms with Gasteiger partial charge < -0.3 is 4.90 Å². The summed E-state index contributed by atoms with van der Waals surface area (Å²) in [5.41, 5.74) is 1.06. The van der Waals surface area contributed by atoms with Gasteiger partial charge in [0.2, 0.25) is 0 Å². The third kappa shape index (κ3) is 2.64. The molecule has 1 aliphatic carbocycles. The fourth-order valence-corrected chi connectivity index (χ4v) is 2.84. The first kappa shape index (κ1) is 12.1. The van der Waals surface area contributed by atoms with Gasteiger partial charge in [0, 0.05) is 18.1 Å². The van der Waals surface area contributed by atoms with Gasteiger partial charge in [-0.25, -0.2) is 0 Å². The van der Waals surface area contributed by atoms with Gasteiger partial charge in [-0.05, 0) is 31.0 Å². The van der Waals surface area contributed by atoms with E-state index >= 15 is 0 Å². The van der Waals surface area contributed by atoms with Crippen molar-refractivity contribution in [2.45, 2.75) is 38.1 Å². The SMILES string of the molecule is CN(c1cc(Cl)ccc1Cl)C1CCCCC1. The molecule has 0 amide bonds. The Morgan fingerprint density at radius 1 is 1.12 bits per heavy atom. The molecular weight excluding hydrogens is 241 g/mol. The standard InChI is InChI=1S/C13H17Cl2N/c1-16(11-5-3-2-4-6-11)13-9-10(14)7-8-12(13)15/h7-9,11H,2-6H2,1H3. The highest BCUT2D eigenvalue weighted by molar-refractivity contribution is 6.35. The van der Waals surface area contributed by atoms with E-state index in [0.717, 1.165) is 15.7 Å². The van der Waals surface area contributed by atoms with Crippen LogP contribution in [0.25, 0.3) is 0 Å². The molecule has 0 bridgehead atoms. The van der Waals surface area contributed by atoms with Crippen LogP contribution in [0.3, 0.4) is 0 Å². The lowest BCUT2D eigenvalue weighted by Gasteiger charge is -2.33. The zero-order valence-electron chi connectivity index (χ0n) is 9.55. The minimum atomic E-state index is 0.615. The van der Waals surface area contributed by atoms with Crippen molar-refractivity contribution < 1.29 is 0 Å². The molecule has 3 heteroatoms. The average Bonchev–Trinajstić information content (AvgIpc) is 2.32. The summed E-state index contributed by atoms with van der Waals surface area (Å²) in [4.78, 5) is 2.29. The van der Waals surface area contributed by atoms with E-state index in [-0.39, 0.29) is 0 Å². The van der Waals surface area contributed by atoms with Crippen LogP contribution in [0.2, 0.25) is 10.0 Å². The molecule has 0 atom stereocenters. The van der Waals surface area contributed by atoms with Crippen LogP contribution >= 0.6 is 23.2 Å². The van der Waals surface area contributed by atoms with Gasteiger partial charge in [0.1, 0.15) is 0 Å². The van der Waals surface area contributed by atoms with Crippen molar-refractivity contribution in [1.82, 2.24) is 0 Å². The van der Waals surface area contributed by atoms with E-state index in [9.17, 15) is 0 Å². The molecule has 0 heterocycles. The zero-order chi connectivity index (χ0) is 11.5. The van der Waals surface area contributed by atoms with Gasteiger partial charge >= 0.3 is 0 Å². The summed E-state index contributed by atoms with van der Waals surface area (Å²) in [6.45, 7) is 0. The molecule has 1 aromatic carbocycles. The Bertz CT molecular complexity index is 359. The first-order valence-corrected chi connectivity index (χ1v) is 6.62. The molecule has 0 aliphatic heterocycles. The van der Waals surface area contributed by atoms with Gasteiger partial charge in [0.15, 0.2) is 0 Å². The van der Waals surface area contributed by atoms with E-state index in [2.05, 4.69) is 11.9 Å². The molecular formula is C13H17Cl2N. The van der Waals surface area contributed by atoms with Crippen molar-refractivity contribution >= 4 is 28.9 Å². The third-order valence-electron chi connectivity index (χ3n) is 3.41. The highest BCUT2D eigenvalue weighted by atomic mass is 35.5. The molecule has 0 radical (unpaired) electrons. The molecule has 1 nitrogen and oxygen atoms in total. The second-order valence-corrected chi connectivity index (χ2v) is 5.34. The fraction of sp³-hybridized carbons (Fsp3) is 0.538. The molecule has 0 spiro atoms. The van der Waals surface area contributed by atoms with Crippen molar-refractivity contribution in [3.05, 3.63) is 28.2 Å². The van der Waals surface area contributed by atoms with E-state index in [1.165, 1.54) is 32.1 Å². The molecule has 1 aromatic rings. The molecule has 0 N–H and O–H groups in total. The maximum atomic E-state index is 6.21. The summed E-state index contributed by atoms with van der Waals surface area (Å²) in [6, 6.07) is 6.28. The number of anilines is 1. The van der Waals surface area contributed by atoms with Crippen LogP contribution in [0, 0.1) is 0 Å². The van der Waals surface area contributed by atoms with Gasteiger partial charge in [-0.15, -0.1) is 0 Å². The number of nitrogens with zero attached hydrogens (tertiary/aromatic N) is 1. The highest BCUT2D eigenvalue weighted by Gasteiger charge is 2.19. The summed E-state index contributed by atoms with van der Waals surface area (Å²) in [7, 11) is 2.12. The minimum Gasteiger partial charge on any atom is -0.370 e. The Morgan fingerprint density at radius 2 is 1.81 bits per heavy atom. The summed E-state index contributed by atoms with van der Waals surface area (Å²) in [6.07, 6.45) is 6.55. The Hall–Kier alpha value is -0.400. The Balaban J connectivity index is 2.18. The first-order chi connectivity index (χ1) is 7.68. The van der Waals surface area contributed by atoms with E-state index in [1.54, 1.807) is 0 Å². The number of hydrogen-bond acceptors (Lipinski definition) is 1. The van der Waals surface area contributed by atoms with Crippen LogP contribution in [0.15, 0.2) is 18.2 Å². The Kier molecular flexibility index (Phi) is 3.99. The molecule has 1 aliphatic rings. The summed E-state index contributed by atoms with van der Waals surface area (Å²) in [5.74, 6) is 0. The lowest BCUT2D eigenvalue weighted by molar-refractivity contribution is 0.427. The molecule has 0 unspecified atom stereocenters. The van der Waals surface area contributed by atoms with Crippen LogP contribution in [-0.4, -0.2) is 13.1 Å². The van der Waals surface area contributed by atoms with Gasteiger partial charge in [0.25, 0.3) is 0 Å². The maximum absolute atomic E-state index is 6.21. The topological polar surface area (TPSA) is 3.24 Å². The van der Waals surface area contributed by atoms with Crippen molar-refractivity contribution in [3.63, 3.8) is 0 Å². The molecule has 2 rings (SSSR count). The van der Waals surface area contributed by atoms with Crippen LogP contribution in [0.1, 0.15) is 32.1 Å². The van der Waals surface area contributed by atoms with E-state index in [0.29, 0.717) is 6.04 Å². The van der Waals surface area contributed by atoms with Gasteiger partial charge in [-0.1, -0.05) is 42.5 Å². The predicted molar refractivity (Wildman–Crippen MR) is 71.7 cm³/mol. The zero-order valence-corrected chi connectivity index (χ0v) is 11.1. The van der Waals surface area contributed by atoms with Crippen molar-refractivity contribution in [1.29, 1.82) is 0 Å². The lowest BCUT2D eigenvalue weighted by atomic mass is 9.94. The highest BCUT2D eigenvalue weighted by Crippen LogP contribution is 2.32. The third-order valence-corrected chi connectivity index (χ3v) is 3.97. The van der Waals surface area contributed by atoms with Gasteiger partial charge in [-0.2, -0.15) is 0 Å². The largest absolute Gasteiger partial charge is 0.370 e.